The minimum atomic E-state index is 0.239. The van der Waals surface area contributed by atoms with Gasteiger partial charge >= 0.3 is 0 Å². The third-order valence-electron chi connectivity index (χ3n) is 4.91. The van der Waals surface area contributed by atoms with Crippen molar-refractivity contribution in [3.8, 4) is 0 Å². The molecule has 1 aliphatic carbocycles. The van der Waals surface area contributed by atoms with Crippen molar-refractivity contribution in [1.29, 1.82) is 0 Å². The summed E-state index contributed by atoms with van der Waals surface area (Å²) in [5.74, 6) is 0.780. The lowest BCUT2D eigenvalue weighted by Gasteiger charge is -2.33. The summed E-state index contributed by atoms with van der Waals surface area (Å²) in [6.07, 6.45) is 10.3. The Balaban J connectivity index is 1.68. The van der Waals surface area contributed by atoms with Crippen molar-refractivity contribution in [2.75, 3.05) is 13.1 Å². The number of amides is 2. The van der Waals surface area contributed by atoms with Gasteiger partial charge in [-0.15, -0.1) is 0 Å². The highest BCUT2D eigenvalue weighted by atomic mass is 16.2. The Morgan fingerprint density at radius 1 is 1.05 bits per heavy atom. The van der Waals surface area contributed by atoms with Crippen LogP contribution in [0, 0.1) is 5.92 Å². The van der Waals surface area contributed by atoms with E-state index in [0.717, 1.165) is 51.6 Å². The van der Waals surface area contributed by atoms with E-state index in [1.54, 1.807) is 0 Å². The van der Waals surface area contributed by atoms with Crippen LogP contribution in [0.5, 0.6) is 0 Å². The molecule has 1 saturated heterocycles. The number of carbonyl (C=O) groups excluding carboxylic acids is 2. The molecular weight excluding hydrogens is 264 g/mol. The SMILES string of the molecule is CCCCC(=O)N1CCC(NC(=O)C2CCCCC2)CC1. The van der Waals surface area contributed by atoms with E-state index in [1.807, 2.05) is 4.90 Å². The van der Waals surface area contributed by atoms with E-state index in [9.17, 15) is 9.59 Å². The van der Waals surface area contributed by atoms with Gasteiger partial charge in [0.2, 0.25) is 11.8 Å². The molecule has 0 bridgehead atoms. The first-order valence-electron chi connectivity index (χ1n) is 8.79. The number of nitrogens with one attached hydrogen (secondary N) is 1. The first-order valence-corrected chi connectivity index (χ1v) is 8.79. The zero-order valence-electron chi connectivity index (χ0n) is 13.4. The molecule has 2 aliphatic rings. The first kappa shape index (κ1) is 16.3. The van der Waals surface area contributed by atoms with E-state index < -0.39 is 0 Å². The number of nitrogens with zero attached hydrogens (tertiary/aromatic N) is 1. The van der Waals surface area contributed by atoms with E-state index in [2.05, 4.69) is 12.2 Å². The molecule has 1 N–H and O–H groups in total. The third kappa shape index (κ3) is 5.01. The van der Waals surface area contributed by atoms with Crippen molar-refractivity contribution in [1.82, 2.24) is 10.2 Å². The van der Waals surface area contributed by atoms with Crippen LogP contribution in [0.15, 0.2) is 0 Å². The predicted octanol–water partition coefficient (Wildman–Crippen LogP) is 2.86. The third-order valence-corrected chi connectivity index (χ3v) is 4.91. The van der Waals surface area contributed by atoms with Crippen LogP contribution in [0.25, 0.3) is 0 Å². The Bertz CT molecular complexity index is 343. The summed E-state index contributed by atoms with van der Waals surface area (Å²) in [5.41, 5.74) is 0. The highest BCUT2D eigenvalue weighted by Gasteiger charge is 2.26. The number of hydrogen-bond donors (Lipinski definition) is 1. The molecule has 1 saturated carbocycles. The Labute approximate surface area is 128 Å². The van der Waals surface area contributed by atoms with Crippen LogP contribution in [-0.4, -0.2) is 35.8 Å². The zero-order chi connectivity index (χ0) is 15.1. The highest BCUT2D eigenvalue weighted by molar-refractivity contribution is 5.79. The second kappa shape index (κ2) is 8.40. The fourth-order valence-electron chi connectivity index (χ4n) is 3.44. The van der Waals surface area contributed by atoms with Gasteiger partial charge in [-0.2, -0.15) is 0 Å². The molecule has 0 radical (unpaired) electrons. The normalized spacial score (nSPS) is 21.3. The fraction of sp³-hybridized carbons (Fsp3) is 0.882. The summed E-state index contributed by atoms with van der Waals surface area (Å²) >= 11 is 0. The molecule has 0 spiro atoms. The molecule has 0 aromatic carbocycles. The maximum absolute atomic E-state index is 12.2. The van der Waals surface area contributed by atoms with Crippen LogP contribution in [0.2, 0.25) is 0 Å². The average molecular weight is 294 g/mol. The largest absolute Gasteiger partial charge is 0.353 e. The monoisotopic (exact) mass is 294 g/mol. The number of hydrogen-bond acceptors (Lipinski definition) is 2. The molecule has 2 rings (SSSR count). The number of unbranched alkanes of at least 4 members (excludes halogenated alkanes) is 1. The molecular formula is C17H30N2O2. The van der Waals surface area contributed by atoms with Crippen LogP contribution in [0.1, 0.15) is 71.1 Å². The second-order valence-electron chi connectivity index (χ2n) is 6.60. The summed E-state index contributed by atoms with van der Waals surface area (Å²) in [7, 11) is 0. The van der Waals surface area contributed by atoms with Gasteiger partial charge in [0.05, 0.1) is 0 Å². The topological polar surface area (TPSA) is 49.4 Å². The van der Waals surface area contributed by atoms with Crippen molar-refractivity contribution < 1.29 is 9.59 Å². The van der Waals surface area contributed by atoms with Crippen molar-refractivity contribution in [2.45, 2.75) is 77.2 Å². The lowest BCUT2D eigenvalue weighted by Crippen LogP contribution is -2.48. The summed E-state index contributed by atoms with van der Waals surface area (Å²) in [4.78, 5) is 26.2. The number of piperidine rings is 1. The predicted molar refractivity (Wildman–Crippen MR) is 83.8 cm³/mol. The van der Waals surface area contributed by atoms with Crippen molar-refractivity contribution in [3.05, 3.63) is 0 Å². The Kier molecular flexibility index (Phi) is 6.52. The molecule has 120 valence electrons. The van der Waals surface area contributed by atoms with E-state index in [-0.39, 0.29) is 23.8 Å². The molecule has 0 aromatic rings. The van der Waals surface area contributed by atoms with Crippen LogP contribution < -0.4 is 5.32 Å². The second-order valence-corrected chi connectivity index (χ2v) is 6.60. The average Bonchev–Trinajstić information content (AvgIpc) is 2.54. The number of rotatable bonds is 5. The lowest BCUT2D eigenvalue weighted by molar-refractivity contribution is -0.132. The molecule has 2 amide bonds. The molecule has 0 unspecified atom stereocenters. The van der Waals surface area contributed by atoms with Crippen molar-refractivity contribution >= 4 is 11.8 Å². The fourth-order valence-corrected chi connectivity index (χ4v) is 3.44. The molecule has 4 nitrogen and oxygen atoms in total. The van der Waals surface area contributed by atoms with Crippen LogP contribution in [0.3, 0.4) is 0 Å². The zero-order valence-corrected chi connectivity index (χ0v) is 13.4. The van der Waals surface area contributed by atoms with Gasteiger partial charge in [0.25, 0.3) is 0 Å². The van der Waals surface area contributed by atoms with Gasteiger partial charge in [-0.25, -0.2) is 0 Å². The lowest BCUT2D eigenvalue weighted by atomic mass is 9.88. The molecule has 2 fully saturated rings. The van der Waals surface area contributed by atoms with Gasteiger partial charge in [-0.3, -0.25) is 9.59 Å². The van der Waals surface area contributed by atoms with E-state index >= 15 is 0 Å². The molecule has 4 heteroatoms. The summed E-state index contributed by atoms with van der Waals surface area (Å²) in [6, 6.07) is 0.273. The standard InChI is InChI=1S/C17H30N2O2/c1-2-3-9-16(20)19-12-10-15(11-13-19)18-17(21)14-7-5-4-6-8-14/h14-15H,2-13H2,1H3,(H,18,21). The Hall–Kier alpha value is -1.06. The van der Waals surface area contributed by atoms with Crippen molar-refractivity contribution in [2.24, 2.45) is 5.92 Å². The van der Waals surface area contributed by atoms with Crippen LogP contribution >= 0.6 is 0 Å². The quantitative estimate of drug-likeness (QED) is 0.847. The molecule has 1 heterocycles. The van der Waals surface area contributed by atoms with Gasteiger partial charge in [-0.05, 0) is 32.1 Å². The number of likely N-dealkylation sites (tertiary alicyclic amines) is 1. The highest BCUT2D eigenvalue weighted by Crippen LogP contribution is 2.24. The Morgan fingerprint density at radius 2 is 1.71 bits per heavy atom. The Morgan fingerprint density at radius 3 is 2.33 bits per heavy atom. The smallest absolute Gasteiger partial charge is 0.223 e. The van der Waals surface area contributed by atoms with Gasteiger partial charge in [0.15, 0.2) is 0 Å². The maximum Gasteiger partial charge on any atom is 0.223 e. The molecule has 1 aliphatic heterocycles. The summed E-state index contributed by atoms with van der Waals surface area (Å²) in [5, 5.41) is 3.21. The van der Waals surface area contributed by atoms with Gasteiger partial charge in [-0.1, -0.05) is 32.6 Å². The van der Waals surface area contributed by atoms with Crippen LogP contribution in [0.4, 0.5) is 0 Å². The van der Waals surface area contributed by atoms with E-state index in [1.165, 1.54) is 19.3 Å². The summed E-state index contributed by atoms with van der Waals surface area (Å²) in [6.45, 7) is 3.72. The van der Waals surface area contributed by atoms with Gasteiger partial charge in [0.1, 0.15) is 0 Å². The van der Waals surface area contributed by atoms with E-state index in [0.29, 0.717) is 6.42 Å². The van der Waals surface area contributed by atoms with Gasteiger partial charge < -0.3 is 10.2 Å². The summed E-state index contributed by atoms with van der Waals surface area (Å²) < 4.78 is 0. The maximum atomic E-state index is 12.2. The van der Waals surface area contributed by atoms with E-state index in [4.69, 9.17) is 0 Å². The first-order chi connectivity index (χ1) is 10.2. The molecule has 0 atom stereocenters. The molecule has 0 aromatic heterocycles. The molecule has 21 heavy (non-hydrogen) atoms. The van der Waals surface area contributed by atoms with Crippen LogP contribution in [-0.2, 0) is 9.59 Å². The minimum absolute atomic E-state index is 0.239. The van der Waals surface area contributed by atoms with Gasteiger partial charge in [0, 0.05) is 31.5 Å². The number of carbonyl (C=O) groups is 2. The van der Waals surface area contributed by atoms with Crippen molar-refractivity contribution in [3.63, 3.8) is 0 Å². The minimum Gasteiger partial charge on any atom is -0.353 e.